The normalized spacial score (nSPS) is 18.3. The zero-order chi connectivity index (χ0) is 12.3. The Labute approximate surface area is 120 Å². The lowest BCUT2D eigenvalue weighted by Crippen LogP contribution is -2.30. The van der Waals surface area contributed by atoms with Crippen molar-refractivity contribution in [2.75, 3.05) is 5.33 Å². The molecule has 0 saturated carbocycles. The van der Waals surface area contributed by atoms with Gasteiger partial charge in [-0.1, -0.05) is 44.0 Å². The Bertz CT molecular complexity index is 223. The summed E-state index contributed by atoms with van der Waals surface area (Å²) in [4.78, 5) is -0.351. The van der Waals surface area contributed by atoms with Crippen LogP contribution in [0.3, 0.4) is 0 Å². The molecule has 15 heavy (non-hydrogen) atoms. The minimum atomic E-state index is -0.353. The van der Waals surface area contributed by atoms with Gasteiger partial charge < -0.3 is 0 Å². The molecule has 90 valence electrons. The summed E-state index contributed by atoms with van der Waals surface area (Å²) in [6.07, 6.45) is 1.79. The monoisotopic (exact) mass is 378 g/mol. The third-order valence-electron chi connectivity index (χ3n) is 2.52. The minimum Gasteiger partial charge on any atom is -0.119 e. The van der Waals surface area contributed by atoms with E-state index in [4.69, 9.17) is 23.2 Å². The summed E-state index contributed by atoms with van der Waals surface area (Å²) in [6, 6.07) is 0. The van der Waals surface area contributed by atoms with Gasteiger partial charge in [-0.05, 0) is 33.6 Å². The molecule has 0 fully saturated rings. The predicted octanol–water partition coefficient (Wildman–Crippen LogP) is 5.50. The molecular formula is C11H18Br2Cl2. The van der Waals surface area contributed by atoms with Gasteiger partial charge in [0.25, 0.3) is 0 Å². The molecule has 0 bridgehead atoms. The second-order valence-electron chi connectivity index (χ2n) is 4.45. The Morgan fingerprint density at radius 2 is 1.87 bits per heavy atom. The van der Waals surface area contributed by atoms with Crippen LogP contribution in [-0.2, 0) is 0 Å². The van der Waals surface area contributed by atoms with Crippen molar-refractivity contribution >= 4 is 55.1 Å². The largest absolute Gasteiger partial charge is 0.119 e. The predicted molar refractivity (Wildman–Crippen MR) is 79.1 cm³/mol. The Hall–Kier alpha value is 1.28. The van der Waals surface area contributed by atoms with Crippen LogP contribution in [0.4, 0.5) is 0 Å². The van der Waals surface area contributed by atoms with Gasteiger partial charge in [0.2, 0.25) is 0 Å². The fourth-order valence-corrected chi connectivity index (χ4v) is 2.30. The second-order valence-corrected chi connectivity index (χ2v) is 7.81. The number of hydrogen-bond donors (Lipinski definition) is 0. The molecular weight excluding hydrogens is 363 g/mol. The van der Waals surface area contributed by atoms with Crippen molar-refractivity contribution in [1.82, 2.24) is 0 Å². The van der Waals surface area contributed by atoms with Crippen LogP contribution in [0, 0.1) is 0 Å². The van der Waals surface area contributed by atoms with E-state index in [9.17, 15) is 0 Å². The van der Waals surface area contributed by atoms with Crippen LogP contribution in [0.25, 0.3) is 0 Å². The molecule has 0 radical (unpaired) electrons. The van der Waals surface area contributed by atoms with Gasteiger partial charge in [-0.15, -0.1) is 23.2 Å². The molecule has 4 heteroatoms. The second kappa shape index (κ2) is 6.28. The van der Waals surface area contributed by atoms with E-state index in [1.807, 2.05) is 20.8 Å². The van der Waals surface area contributed by atoms with E-state index in [2.05, 4.69) is 38.4 Å². The summed E-state index contributed by atoms with van der Waals surface area (Å²) in [7, 11) is 0. The van der Waals surface area contributed by atoms with Gasteiger partial charge in [-0.25, -0.2) is 0 Å². The number of rotatable bonds is 6. The Morgan fingerprint density at radius 1 is 1.40 bits per heavy atom. The summed E-state index contributed by atoms with van der Waals surface area (Å²) < 4.78 is 0. The van der Waals surface area contributed by atoms with Crippen molar-refractivity contribution in [2.24, 2.45) is 0 Å². The first-order chi connectivity index (χ1) is 6.63. The molecule has 0 heterocycles. The molecule has 0 saturated heterocycles. The van der Waals surface area contributed by atoms with Crippen molar-refractivity contribution in [3.63, 3.8) is 0 Å². The lowest BCUT2D eigenvalue weighted by Gasteiger charge is -2.29. The summed E-state index contributed by atoms with van der Waals surface area (Å²) in [5.41, 5.74) is 0.994. The first kappa shape index (κ1) is 16.3. The Balaban J connectivity index is 4.31. The van der Waals surface area contributed by atoms with E-state index in [1.165, 1.54) is 0 Å². The Kier molecular flexibility index (Phi) is 6.81. The molecule has 0 N–H and O–H groups in total. The van der Waals surface area contributed by atoms with Crippen LogP contribution in [0.2, 0.25) is 0 Å². The highest BCUT2D eigenvalue weighted by Crippen LogP contribution is 2.36. The van der Waals surface area contributed by atoms with Crippen LogP contribution in [0.15, 0.2) is 12.2 Å². The number of alkyl halides is 4. The molecule has 0 aromatic rings. The van der Waals surface area contributed by atoms with Gasteiger partial charge in [0.1, 0.15) is 0 Å². The van der Waals surface area contributed by atoms with Crippen molar-refractivity contribution < 1.29 is 0 Å². The van der Waals surface area contributed by atoms with Crippen LogP contribution in [-0.4, -0.2) is 19.9 Å². The van der Waals surface area contributed by atoms with Gasteiger partial charge in [0.05, 0.1) is 9.75 Å². The van der Waals surface area contributed by atoms with Gasteiger partial charge >= 0.3 is 0 Å². The van der Waals surface area contributed by atoms with Gasteiger partial charge in [0.15, 0.2) is 0 Å². The van der Waals surface area contributed by atoms with E-state index in [0.29, 0.717) is 0 Å². The first-order valence-corrected chi connectivity index (χ1v) is 7.66. The molecule has 0 aliphatic carbocycles. The average molecular weight is 381 g/mol. The highest BCUT2D eigenvalue weighted by Gasteiger charge is 2.31. The van der Waals surface area contributed by atoms with Crippen molar-refractivity contribution in [3.05, 3.63) is 12.2 Å². The number of allylic oxidation sites excluding steroid dienone is 1. The molecule has 0 nitrogen and oxygen atoms in total. The van der Waals surface area contributed by atoms with E-state index in [1.54, 1.807) is 0 Å². The first-order valence-electron chi connectivity index (χ1n) is 4.87. The average Bonchev–Trinajstić information content (AvgIpc) is 2.11. The molecule has 0 amide bonds. The molecule has 0 aromatic heterocycles. The topological polar surface area (TPSA) is 0 Å². The van der Waals surface area contributed by atoms with E-state index < -0.39 is 0 Å². The summed E-state index contributed by atoms with van der Waals surface area (Å²) >= 11 is 19.7. The molecule has 0 rings (SSSR count). The zero-order valence-corrected chi connectivity index (χ0v) is 14.1. The lowest BCUT2D eigenvalue weighted by molar-refractivity contribution is 0.552. The zero-order valence-electron chi connectivity index (χ0n) is 9.42. The summed E-state index contributed by atoms with van der Waals surface area (Å²) in [6.45, 7) is 9.89. The molecule has 2 atom stereocenters. The highest BCUT2D eigenvalue weighted by atomic mass is 79.9. The maximum absolute atomic E-state index is 6.44. The van der Waals surface area contributed by atoms with Crippen LogP contribution in [0.5, 0.6) is 0 Å². The van der Waals surface area contributed by atoms with Crippen LogP contribution >= 0.6 is 55.1 Å². The van der Waals surface area contributed by atoms with E-state index >= 15 is 0 Å². The molecule has 0 spiro atoms. The summed E-state index contributed by atoms with van der Waals surface area (Å²) in [5.74, 6) is 0. The van der Waals surface area contributed by atoms with E-state index in [-0.39, 0.29) is 14.6 Å². The molecule has 0 aliphatic heterocycles. The van der Waals surface area contributed by atoms with Crippen LogP contribution in [0.1, 0.15) is 33.6 Å². The SMILES string of the molecule is C=C(C)C(Cl)(CBr)CC[C@@H](Br)C(C)(C)Cl. The highest BCUT2D eigenvalue weighted by molar-refractivity contribution is 9.09. The fraction of sp³-hybridized carbons (Fsp3) is 0.818. The van der Waals surface area contributed by atoms with Gasteiger partial charge in [0, 0.05) is 10.2 Å². The molecule has 1 unspecified atom stereocenters. The smallest absolute Gasteiger partial charge is 0.0746 e. The standard InChI is InChI=1S/C11H18Br2Cl2/c1-8(2)11(15,7-12)6-5-9(13)10(3,4)14/h9H,1,5-7H2,2-4H3/t9-,11?/m1/s1. The minimum absolute atomic E-state index is 0.251. The maximum Gasteiger partial charge on any atom is 0.0746 e. The summed E-state index contributed by atoms with van der Waals surface area (Å²) in [5, 5.41) is 0.722. The van der Waals surface area contributed by atoms with Crippen molar-refractivity contribution in [3.8, 4) is 0 Å². The number of halogens is 4. The maximum atomic E-state index is 6.44. The van der Waals surface area contributed by atoms with E-state index in [0.717, 1.165) is 23.7 Å². The fourth-order valence-electron chi connectivity index (χ4n) is 1.09. The molecule has 0 aromatic carbocycles. The van der Waals surface area contributed by atoms with Crippen molar-refractivity contribution in [1.29, 1.82) is 0 Å². The lowest BCUT2D eigenvalue weighted by atomic mass is 9.94. The third-order valence-corrected chi connectivity index (χ3v) is 6.57. The molecule has 0 aliphatic rings. The quantitative estimate of drug-likeness (QED) is 0.422. The van der Waals surface area contributed by atoms with Gasteiger partial charge in [-0.2, -0.15) is 0 Å². The van der Waals surface area contributed by atoms with Crippen molar-refractivity contribution in [2.45, 2.75) is 48.2 Å². The number of hydrogen-bond acceptors (Lipinski definition) is 0. The Morgan fingerprint density at radius 3 is 2.13 bits per heavy atom. The third kappa shape index (κ3) is 5.43. The van der Waals surface area contributed by atoms with Crippen LogP contribution < -0.4 is 0 Å². The van der Waals surface area contributed by atoms with Gasteiger partial charge in [-0.3, -0.25) is 0 Å².